The highest BCUT2D eigenvalue weighted by Crippen LogP contribution is 2.28. The van der Waals surface area contributed by atoms with Crippen LogP contribution in [0.4, 0.5) is 0 Å². The van der Waals surface area contributed by atoms with Gasteiger partial charge >= 0.3 is 11.8 Å². The molecule has 1 fully saturated rings. The Balaban J connectivity index is 2.75. The van der Waals surface area contributed by atoms with Gasteiger partial charge < -0.3 is 15.5 Å². The largest absolute Gasteiger partial charge is 0.345 e. The third kappa shape index (κ3) is 6.80. The molecule has 0 aromatic heterocycles. The normalized spacial score (nSPS) is 20.2. The summed E-state index contributed by atoms with van der Waals surface area (Å²) in [6.45, 7) is 18.1. The van der Waals surface area contributed by atoms with Gasteiger partial charge in [0, 0.05) is 30.2 Å². The molecule has 5 heteroatoms. The lowest BCUT2D eigenvalue weighted by Gasteiger charge is -2.46. The standard InChI is InChI=1S/C19H37N3O2/c1-13(2)11-22(12-14(3)4)17(24)16(23)20-15-9-18(5,6)21-19(7,8)10-15/h13-15,21H,9-12H2,1-8H3,(H,20,23). The maximum Gasteiger partial charge on any atom is 0.311 e. The monoisotopic (exact) mass is 339 g/mol. The maximum absolute atomic E-state index is 12.6. The smallest absolute Gasteiger partial charge is 0.311 e. The van der Waals surface area contributed by atoms with Crippen molar-refractivity contribution in [2.24, 2.45) is 11.8 Å². The van der Waals surface area contributed by atoms with Gasteiger partial charge in [0.1, 0.15) is 0 Å². The van der Waals surface area contributed by atoms with E-state index in [2.05, 4.69) is 66.0 Å². The first-order valence-corrected chi connectivity index (χ1v) is 9.20. The molecule has 0 saturated carbocycles. The van der Waals surface area contributed by atoms with E-state index in [0.717, 1.165) is 12.8 Å². The van der Waals surface area contributed by atoms with Crippen molar-refractivity contribution in [3.8, 4) is 0 Å². The fourth-order valence-electron chi connectivity index (χ4n) is 3.94. The van der Waals surface area contributed by atoms with Crippen molar-refractivity contribution in [1.82, 2.24) is 15.5 Å². The van der Waals surface area contributed by atoms with Gasteiger partial charge in [-0.1, -0.05) is 27.7 Å². The average molecular weight is 340 g/mol. The lowest BCUT2D eigenvalue weighted by Crippen LogP contribution is -2.63. The van der Waals surface area contributed by atoms with Crippen molar-refractivity contribution in [1.29, 1.82) is 0 Å². The van der Waals surface area contributed by atoms with E-state index in [0.29, 0.717) is 24.9 Å². The Morgan fingerprint density at radius 3 is 1.79 bits per heavy atom. The molecule has 0 bridgehead atoms. The first-order chi connectivity index (χ1) is 10.8. The summed E-state index contributed by atoms with van der Waals surface area (Å²) in [7, 11) is 0. The van der Waals surface area contributed by atoms with Crippen molar-refractivity contribution >= 4 is 11.8 Å². The number of carbonyl (C=O) groups is 2. The third-order valence-corrected chi connectivity index (χ3v) is 4.18. The Hall–Kier alpha value is -1.10. The van der Waals surface area contributed by atoms with Crippen LogP contribution in [0.5, 0.6) is 0 Å². The Morgan fingerprint density at radius 1 is 1.00 bits per heavy atom. The third-order valence-electron chi connectivity index (χ3n) is 4.18. The Morgan fingerprint density at radius 2 is 1.42 bits per heavy atom. The maximum atomic E-state index is 12.6. The minimum atomic E-state index is -0.463. The van der Waals surface area contributed by atoms with Crippen LogP contribution in [0, 0.1) is 11.8 Å². The van der Waals surface area contributed by atoms with E-state index >= 15 is 0 Å². The highest BCUT2D eigenvalue weighted by atomic mass is 16.2. The molecule has 2 N–H and O–H groups in total. The van der Waals surface area contributed by atoms with E-state index in [1.165, 1.54) is 0 Å². The first-order valence-electron chi connectivity index (χ1n) is 9.20. The number of carbonyl (C=O) groups excluding carboxylic acids is 2. The molecule has 1 heterocycles. The topological polar surface area (TPSA) is 61.4 Å². The number of hydrogen-bond donors (Lipinski definition) is 2. The van der Waals surface area contributed by atoms with Crippen LogP contribution in [-0.2, 0) is 9.59 Å². The van der Waals surface area contributed by atoms with Gasteiger partial charge in [0.05, 0.1) is 0 Å². The molecule has 5 nitrogen and oxygen atoms in total. The Bertz CT molecular complexity index is 430. The van der Waals surface area contributed by atoms with Crippen molar-refractivity contribution in [3.63, 3.8) is 0 Å². The highest BCUT2D eigenvalue weighted by molar-refractivity contribution is 6.35. The van der Waals surface area contributed by atoms with Crippen LogP contribution in [0.25, 0.3) is 0 Å². The summed E-state index contributed by atoms with van der Waals surface area (Å²) in [6.07, 6.45) is 1.65. The number of nitrogens with zero attached hydrogens (tertiary/aromatic N) is 1. The van der Waals surface area contributed by atoms with Gasteiger partial charge in [0.15, 0.2) is 0 Å². The number of rotatable bonds is 5. The molecular formula is C19H37N3O2. The van der Waals surface area contributed by atoms with Crippen LogP contribution in [-0.4, -0.2) is 46.9 Å². The molecule has 0 unspecified atom stereocenters. The van der Waals surface area contributed by atoms with Gasteiger partial charge in [-0.25, -0.2) is 0 Å². The molecule has 0 spiro atoms. The Labute approximate surface area is 147 Å². The minimum Gasteiger partial charge on any atom is -0.345 e. The lowest BCUT2D eigenvalue weighted by molar-refractivity contribution is -0.147. The van der Waals surface area contributed by atoms with Crippen LogP contribution in [0.2, 0.25) is 0 Å². The lowest BCUT2D eigenvalue weighted by atomic mass is 9.79. The second-order valence-corrected chi connectivity index (χ2v) is 9.47. The molecule has 1 aliphatic rings. The van der Waals surface area contributed by atoms with Gasteiger partial charge in [-0.15, -0.1) is 0 Å². The second kappa shape index (κ2) is 7.85. The zero-order valence-electron chi connectivity index (χ0n) is 16.8. The predicted molar refractivity (Wildman–Crippen MR) is 98.7 cm³/mol. The zero-order chi connectivity index (χ0) is 18.7. The summed E-state index contributed by atoms with van der Waals surface area (Å²) >= 11 is 0. The van der Waals surface area contributed by atoms with Crippen LogP contribution >= 0.6 is 0 Å². The number of piperidine rings is 1. The Kier molecular flexibility index (Phi) is 6.85. The fraction of sp³-hybridized carbons (Fsp3) is 0.895. The van der Waals surface area contributed by atoms with Crippen molar-refractivity contribution in [2.75, 3.05) is 13.1 Å². The number of hydrogen-bond acceptors (Lipinski definition) is 3. The predicted octanol–water partition coefficient (Wildman–Crippen LogP) is 2.55. The molecular weight excluding hydrogens is 302 g/mol. The van der Waals surface area contributed by atoms with Gasteiger partial charge in [0.2, 0.25) is 0 Å². The SMILES string of the molecule is CC(C)CN(CC(C)C)C(=O)C(=O)NC1CC(C)(C)NC(C)(C)C1. The fourth-order valence-corrected chi connectivity index (χ4v) is 3.94. The summed E-state index contributed by atoms with van der Waals surface area (Å²) in [5.74, 6) is -0.171. The van der Waals surface area contributed by atoms with E-state index < -0.39 is 11.8 Å². The molecule has 0 aromatic carbocycles. The highest BCUT2D eigenvalue weighted by Gasteiger charge is 2.39. The van der Waals surface area contributed by atoms with Crippen molar-refractivity contribution in [2.45, 2.75) is 85.4 Å². The van der Waals surface area contributed by atoms with Crippen LogP contribution in [0.1, 0.15) is 68.2 Å². The van der Waals surface area contributed by atoms with Gasteiger partial charge in [-0.3, -0.25) is 9.59 Å². The molecule has 0 aromatic rings. The second-order valence-electron chi connectivity index (χ2n) is 9.47. The van der Waals surface area contributed by atoms with Crippen LogP contribution in [0.3, 0.4) is 0 Å². The summed E-state index contributed by atoms with van der Waals surface area (Å²) < 4.78 is 0. The molecule has 0 radical (unpaired) electrons. The molecule has 1 aliphatic heterocycles. The number of amides is 2. The van der Waals surface area contributed by atoms with E-state index in [-0.39, 0.29) is 17.1 Å². The summed E-state index contributed by atoms with van der Waals surface area (Å²) in [5, 5.41) is 6.58. The molecule has 140 valence electrons. The average Bonchev–Trinajstić information content (AvgIpc) is 2.31. The summed E-state index contributed by atoms with van der Waals surface area (Å²) in [4.78, 5) is 26.8. The minimum absolute atomic E-state index is 0.0210. The zero-order valence-corrected chi connectivity index (χ0v) is 16.8. The quantitative estimate of drug-likeness (QED) is 0.757. The molecule has 1 rings (SSSR count). The van der Waals surface area contributed by atoms with Crippen molar-refractivity contribution < 1.29 is 9.59 Å². The molecule has 0 aliphatic carbocycles. The molecule has 24 heavy (non-hydrogen) atoms. The van der Waals surface area contributed by atoms with Crippen LogP contribution < -0.4 is 10.6 Å². The van der Waals surface area contributed by atoms with Crippen molar-refractivity contribution in [3.05, 3.63) is 0 Å². The van der Waals surface area contributed by atoms with E-state index in [1.54, 1.807) is 4.90 Å². The van der Waals surface area contributed by atoms with E-state index in [4.69, 9.17) is 0 Å². The molecule has 1 saturated heterocycles. The summed E-state index contributed by atoms with van der Waals surface area (Å²) in [5.41, 5.74) is -0.114. The summed E-state index contributed by atoms with van der Waals surface area (Å²) in [6, 6.07) is 0.0210. The van der Waals surface area contributed by atoms with Gasteiger partial charge in [-0.05, 0) is 52.4 Å². The molecule has 2 amide bonds. The number of nitrogens with one attached hydrogen (secondary N) is 2. The van der Waals surface area contributed by atoms with Crippen LogP contribution in [0.15, 0.2) is 0 Å². The van der Waals surface area contributed by atoms with Gasteiger partial charge in [-0.2, -0.15) is 0 Å². The molecule has 0 atom stereocenters. The van der Waals surface area contributed by atoms with Gasteiger partial charge in [0.25, 0.3) is 0 Å². The van der Waals surface area contributed by atoms with E-state index in [9.17, 15) is 9.59 Å². The first kappa shape index (κ1) is 20.9. The van der Waals surface area contributed by atoms with E-state index in [1.807, 2.05) is 0 Å².